The molecule has 0 radical (unpaired) electrons. The summed E-state index contributed by atoms with van der Waals surface area (Å²) in [7, 11) is 0. The lowest BCUT2D eigenvalue weighted by molar-refractivity contribution is -0.113. The van der Waals surface area contributed by atoms with Crippen molar-refractivity contribution in [1.82, 2.24) is 10.2 Å². The molecule has 0 aliphatic carbocycles. The summed E-state index contributed by atoms with van der Waals surface area (Å²) < 4.78 is 5.49. The highest BCUT2D eigenvalue weighted by Gasteiger charge is 2.18. The molecule has 2 aromatic rings. The quantitative estimate of drug-likeness (QED) is 0.789. The number of rotatable bonds is 6. The Bertz CT molecular complexity index is 684. The predicted molar refractivity (Wildman–Crippen MR) is 91.3 cm³/mol. The summed E-state index contributed by atoms with van der Waals surface area (Å²) in [5, 5.41) is 11.1. The standard InChI is InChI=1S/C16H22N4O2S/c1-9(2)14(17)15-19-20-16(22-15)23-8-13(21)18-12-7-5-6-10(3)11(12)4/h5-7,9,14H,8,17H2,1-4H3,(H,18,21)/t14-/m0/s1. The molecule has 7 heteroatoms. The average molecular weight is 334 g/mol. The van der Waals surface area contributed by atoms with Gasteiger partial charge in [-0.25, -0.2) is 0 Å². The van der Waals surface area contributed by atoms with Crippen molar-refractivity contribution >= 4 is 23.4 Å². The van der Waals surface area contributed by atoms with Gasteiger partial charge in [0.2, 0.25) is 11.8 Å². The first-order chi connectivity index (χ1) is 10.9. The summed E-state index contributed by atoms with van der Waals surface area (Å²) in [4.78, 5) is 12.1. The third-order valence-corrected chi connectivity index (χ3v) is 4.45. The van der Waals surface area contributed by atoms with E-state index in [-0.39, 0.29) is 23.6 Å². The van der Waals surface area contributed by atoms with Gasteiger partial charge in [-0.3, -0.25) is 4.79 Å². The van der Waals surface area contributed by atoms with Crippen LogP contribution in [0.3, 0.4) is 0 Å². The maximum Gasteiger partial charge on any atom is 0.277 e. The Labute approximate surface area is 140 Å². The molecule has 1 aromatic carbocycles. The molecular formula is C16H22N4O2S. The maximum atomic E-state index is 12.1. The predicted octanol–water partition coefficient (Wildman–Crippen LogP) is 3.07. The van der Waals surface area contributed by atoms with E-state index in [0.717, 1.165) is 16.8 Å². The van der Waals surface area contributed by atoms with Gasteiger partial charge in [0, 0.05) is 5.69 Å². The molecule has 0 bridgehead atoms. The molecule has 1 heterocycles. The number of nitrogens with two attached hydrogens (primary N) is 1. The lowest BCUT2D eigenvalue weighted by Crippen LogP contribution is -2.16. The number of nitrogens with one attached hydrogen (secondary N) is 1. The van der Waals surface area contributed by atoms with Crippen molar-refractivity contribution < 1.29 is 9.21 Å². The number of thioether (sulfide) groups is 1. The van der Waals surface area contributed by atoms with E-state index >= 15 is 0 Å². The Morgan fingerprint density at radius 3 is 2.78 bits per heavy atom. The van der Waals surface area contributed by atoms with E-state index in [9.17, 15) is 4.79 Å². The van der Waals surface area contributed by atoms with E-state index < -0.39 is 0 Å². The Hall–Kier alpha value is -1.86. The van der Waals surface area contributed by atoms with Crippen LogP contribution >= 0.6 is 11.8 Å². The van der Waals surface area contributed by atoms with Gasteiger partial charge in [0.15, 0.2) is 0 Å². The molecule has 124 valence electrons. The largest absolute Gasteiger partial charge is 0.414 e. The van der Waals surface area contributed by atoms with Gasteiger partial charge in [-0.15, -0.1) is 10.2 Å². The van der Waals surface area contributed by atoms with Crippen LogP contribution in [0.15, 0.2) is 27.8 Å². The zero-order valence-electron chi connectivity index (χ0n) is 13.8. The van der Waals surface area contributed by atoms with E-state index in [2.05, 4.69) is 15.5 Å². The van der Waals surface area contributed by atoms with Crippen LogP contribution in [0.25, 0.3) is 0 Å². The minimum atomic E-state index is -0.291. The average Bonchev–Trinajstić information content (AvgIpc) is 2.98. The lowest BCUT2D eigenvalue weighted by atomic mass is 10.1. The highest BCUT2D eigenvalue weighted by Crippen LogP contribution is 2.23. The summed E-state index contributed by atoms with van der Waals surface area (Å²) in [6.07, 6.45) is 0. The van der Waals surface area contributed by atoms with E-state index in [4.69, 9.17) is 10.2 Å². The van der Waals surface area contributed by atoms with E-state index in [1.54, 1.807) is 0 Å². The normalized spacial score (nSPS) is 12.4. The number of benzene rings is 1. The highest BCUT2D eigenvalue weighted by molar-refractivity contribution is 7.99. The third-order valence-electron chi connectivity index (χ3n) is 3.63. The van der Waals surface area contributed by atoms with Gasteiger partial charge in [-0.1, -0.05) is 37.7 Å². The lowest BCUT2D eigenvalue weighted by Gasteiger charge is -2.10. The number of amides is 1. The Kier molecular flexibility index (Phi) is 5.79. The number of hydrogen-bond donors (Lipinski definition) is 2. The number of hydrogen-bond acceptors (Lipinski definition) is 6. The van der Waals surface area contributed by atoms with Gasteiger partial charge < -0.3 is 15.5 Å². The van der Waals surface area contributed by atoms with Crippen LogP contribution in [0.2, 0.25) is 0 Å². The number of aryl methyl sites for hydroxylation is 1. The molecule has 0 aliphatic rings. The zero-order valence-corrected chi connectivity index (χ0v) is 14.6. The molecule has 0 spiro atoms. The van der Waals surface area contributed by atoms with Crippen molar-refractivity contribution in [3.8, 4) is 0 Å². The van der Waals surface area contributed by atoms with E-state index in [0.29, 0.717) is 11.1 Å². The minimum Gasteiger partial charge on any atom is -0.414 e. The number of carbonyl (C=O) groups excluding carboxylic acids is 1. The van der Waals surface area contributed by atoms with Crippen LogP contribution in [0, 0.1) is 19.8 Å². The molecule has 0 aliphatic heterocycles. The van der Waals surface area contributed by atoms with Gasteiger partial charge in [0.1, 0.15) is 0 Å². The van der Waals surface area contributed by atoms with Crippen LogP contribution in [0.4, 0.5) is 5.69 Å². The van der Waals surface area contributed by atoms with Gasteiger partial charge in [0.05, 0.1) is 11.8 Å². The molecular weight excluding hydrogens is 312 g/mol. The molecule has 1 amide bonds. The molecule has 1 aromatic heterocycles. The summed E-state index contributed by atoms with van der Waals surface area (Å²) in [6, 6.07) is 5.53. The van der Waals surface area contributed by atoms with E-state index in [1.807, 2.05) is 45.9 Å². The van der Waals surface area contributed by atoms with Crippen LogP contribution < -0.4 is 11.1 Å². The first-order valence-corrected chi connectivity index (χ1v) is 8.45. The Morgan fingerprint density at radius 1 is 1.35 bits per heavy atom. The smallest absolute Gasteiger partial charge is 0.277 e. The number of carbonyl (C=O) groups is 1. The molecule has 0 saturated carbocycles. The molecule has 0 fully saturated rings. The summed E-state index contributed by atoms with van der Waals surface area (Å²) in [5.41, 5.74) is 8.98. The van der Waals surface area contributed by atoms with Crippen LogP contribution in [-0.2, 0) is 4.79 Å². The second-order valence-electron chi connectivity index (χ2n) is 5.76. The van der Waals surface area contributed by atoms with Crippen molar-refractivity contribution in [3.63, 3.8) is 0 Å². The second kappa shape index (κ2) is 7.61. The van der Waals surface area contributed by atoms with Gasteiger partial charge in [-0.2, -0.15) is 0 Å². The summed E-state index contributed by atoms with van der Waals surface area (Å²) in [5.74, 6) is 0.696. The van der Waals surface area contributed by atoms with Crippen LogP contribution in [0.1, 0.15) is 36.9 Å². The minimum absolute atomic E-state index is 0.114. The topological polar surface area (TPSA) is 94.0 Å². The molecule has 23 heavy (non-hydrogen) atoms. The first-order valence-electron chi connectivity index (χ1n) is 7.46. The first kappa shape index (κ1) is 17.5. The van der Waals surface area contributed by atoms with Gasteiger partial charge in [-0.05, 0) is 37.0 Å². The fraction of sp³-hybridized carbons (Fsp3) is 0.438. The Balaban J connectivity index is 1.91. The molecule has 2 rings (SSSR count). The Morgan fingerprint density at radius 2 is 2.09 bits per heavy atom. The number of nitrogens with zero attached hydrogens (tertiary/aromatic N) is 2. The molecule has 1 atom stereocenters. The van der Waals surface area contributed by atoms with Crippen LogP contribution in [0.5, 0.6) is 0 Å². The summed E-state index contributed by atoms with van der Waals surface area (Å²) in [6.45, 7) is 7.96. The van der Waals surface area contributed by atoms with Crippen molar-refractivity contribution in [3.05, 3.63) is 35.2 Å². The number of aromatic nitrogens is 2. The monoisotopic (exact) mass is 334 g/mol. The van der Waals surface area contributed by atoms with E-state index in [1.165, 1.54) is 11.8 Å². The van der Waals surface area contributed by atoms with Gasteiger partial charge in [0.25, 0.3) is 5.22 Å². The fourth-order valence-electron chi connectivity index (χ4n) is 1.90. The molecule has 0 saturated heterocycles. The summed E-state index contributed by atoms with van der Waals surface area (Å²) >= 11 is 1.20. The molecule has 0 unspecified atom stereocenters. The second-order valence-corrected chi connectivity index (χ2v) is 6.69. The highest BCUT2D eigenvalue weighted by atomic mass is 32.2. The van der Waals surface area contributed by atoms with Crippen molar-refractivity contribution in [2.24, 2.45) is 11.7 Å². The third kappa shape index (κ3) is 4.56. The number of anilines is 1. The fourth-order valence-corrected chi connectivity index (χ4v) is 2.47. The molecule has 6 nitrogen and oxygen atoms in total. The zero-order chi connectivity index (χ0) is 17.0. The van der Waals surface area contributed by atoms with Crippen LogP contribution in [-0.4, -0.2) is 21.9 Å². The van der Waals surface area contributed by atoms with Crippen molar-refractivity contribution in [2.75, 3.05) is 11.1 Å². The van der Waals surface area contributed by atoms with Crippen molar-refractivity contribution in [1.29, 1.82) is 0 Å². The van der Waals surface area contributed by atoms with Gasteiger partial charge >= 0.3 is 0 Å². The molecule has 3 N–H and O–H groups in total. The SMILES string of the molecule is Cc1cccc(NC(=O)CSc2nnc([C@@H](N)C(C)C)o2)c1C. The maximum absolute atomic E-state index is 12.1. The van der Waals surface area contributed by atoms with Crippen molar-refractivity contribution in [2.45, 2.75) is 39.0 Å².